The lowest BCUT2D eigenvalue weighted by Crippen LogP contribution is -2.30. The Morgan fingerprint density at radius 2 is 0.656 bits per heavy atom. The molecule has 0 aromatic carbocycles. The van der Waals surface area contributed by atoms with Crippen LogP contribution in [0.15, 0.2) is 36.5 Å². The van der Waals surface area contributed by atoms with E-state index in [4.69, 9.17) is 14.2 Å². The molecule has 64 heavy (non-hydrogen) atoms. The summed E-state index contributed by atoms with van der Waals surface area (Å²) in [6, 6.07) is 0. The molecule has 0 spiro atoms. The number of ether oxygens (including phenoxy) is 3. The molecule has 376 valence electrons. The molecule has 5 nitrogen and oxygen atoms in total. The van der Waals surface area contributed by atoms with Gasteiger partial charge in [0, 0.05) is 19.4 Å². The van der Waals surface area contributed by atoms with E-state index in [0.29, 0.717) is 19.4 Å². The van der Waals surface area contributed by atoms with Crippen molar-refractivity contribution in [2.75, 3.05) is 19.8 Å². The second kappa shape index (κ2) is 55.4. The number of allylic oxidation sites excluding steroid dienone is 6. The molecule has 0 aliphatic heterocycles. The SMILES string of the molecule is CCCCC/C=C\C/C=C\CCCCCCCCCC(=O)OCC(COCCCCCCCC/C=C\CCCCCCCC)OC(=O)CCCCCCCCCCCCCCCCC. The Bertz CT molecular complexity index is 1020. The highest BCUT2D eigenvalue weighted by Crippen LogP contribution is 2.16. The van der Waals surface area contributed by atoms with Crippen LogP contribution in [0, 0.1) is 0 Å². The van der Waals surface area contributed by atoms with Gasteiger partial charge < -0.3 is 14.2 Å². The second-order valence-corrected chi connectivity index (χ2v) is 19.2. The summed E-state index contributed by atoms with van der Waals surface area (Å²) in [6.07, 6.45) is 67.3. The Morgan fingerprint density at radius 3 is 1.08 bits per heavy atom. The predicted molar refractivity (Wildman–Crippen MR) is 279 cm³/mol. The van der Waals surface area contributed by atoms with Crippen LogP contribution in [0.2, 0.25) is 0 Å². The van der Waals surface area contributed by atoms with Gasteiger partial charge in [-0.05, 0) is 77.0 Å². The highest BCUT2D eigenvalue weighted by atomic mass is 16.6. The van der Waals surface area contributed by atoms with E-state index < -0.39 is 6.10 Å². The van der Waals surface area contributed by atoms with Crippen LogP contribution in [-0.4, -0.2) is 37.9 Å². The van der Waals surface area contributed by atoms with Gasteiger partial charge in [-0.3, -0.25) is 9.59 Å². The first-order valence-corrected chi connectivity index (χ1v) is 28.5. The van der Waals surface area contributed by atoms with Gasteiger partial charge in [-0.2, -0.15) is 0 Å². The first kappa shape index (κ1) is 62.1. The first-order valence-electron chi connectivity index (χ1n) is 28.5. The van der Waals surface area contributed by atoms with Crippen LogP contribution in [0.5, 0.6) is 0 Å². The molecule has 0 radical (unpaired) electrons. The number of carbonyl (C=O) groups is 2. The molecular weight excluding hydrogens is 789 g/mol. The molecule has 0 amide bonds. The topological polar surface area (TPSA) is 61.8 Å². The average molecular weight is 900 g/mol. The molecule has 0 aliphatic rings. The number of hydrogen-bond acceptors (Lipinski definition) is 5. The van der Waals surface area contributed by atoms with E-state index in [1.165, 1.54) is 218 Å². The molecule has 0 heterocycles. The third kappa shape index (κ3) is 52.7. The lowest BCUT2D eigenvalue weighted by molar-refractivity contribution is -0.163. The molecular formula is C59H110O5. The van der Waals surface area contributed by atoms with Gasteiger partial charge in [0.2, 0.25) is 0 Å². The van der Waals surface area contributed by atoms with Gasteiger partial charge in [-0.1, -0.05) is 250 Å². The highest BCUT2D eigenvalue weighted by molar-refractivity contribution is 5.70. The monoisotopic (exact) mass is 899 g/mol. The Kier molecular flexibility index (Phi) is 53.8. The summed E-state index contributed by atoms with van der Waals surface area (Å²) in [7, 11) is 0. The van der Waals surface area contributed by atoms with E-state index in [1.54, 1.807) is 0 Å². The average Bonchev–Trinajstić information content (AvgIpc) is 3.30. The molecule has 0 saturated heterocycles. The fraction of sp³-hybridized carbons (Fsp3) is 0.864. The van der Waals surface area contributed by atoms with Crippen molar-refractivity contribution >= 4 is 11.9 Å². The molecule has 1 unspecified atom stereocenters. The normalized spacial score (nSPS) is 12.4. The van der Waals surface area contributed by atoms with Crippen molar-refractivity contribution in [2.45, 2.75) is 309 Å². The fourth-order valence-corrected chi connectivity index (χ4v) is 8.36. The summed E-state index contributed by atoms with van der Waals surface area (Å²) < 4.78 is 17.5. The molecule has 1 atom stereocenters. The predicted octanol–water partition coefficient (Wildman–Crippen LogP) is 19.4. The maximum absolute atomic E-state index is 12.8. The van der Waals surface area contributed by atoms with Crippen molar-refractivity contribution in [3.8, 4) is 0 Å². The van der Waals surface area contributed by atoms with Gasteiger partial charge in [-0.15, -0.1) is 0 Å². The first-order chi connectivity index (χ1) is 31.6. The minimum absolute atomic E-state index is 0.0839. The zero-order chi connectivity index (χ0) is 46.3. The van der Waals surface area contributed by atoms with E-state index in [0.717, 1.165) is 51.4 Å². The molecule has 0 fully saturated rings. The maximum atomic E-state index is 12.8. The summed E-state index contributed by atoms with van der Waals surface area (Å²) >= 11 is 0. The summed E-state index contributed by atoms with van der Waals surface area (Å²) in [6.45, 7) is 7.83. The van der Waals surface area contributed by atoms with Gasteiger partial charge in [-0.25, -0.2) is 0 Å². The van der Waals surface area contributed by atoms with Gasteiger partial charge in [0.05, 0.1) is 6.61 Å². The van der Waals surface area contributed by atoms with Crippen LogP contribution in [-0.2, 0) is 23.8 Å². The van der Waals surface area contributed by atoms with Crippen molar-refractivity contribution in [1.82, 2.24) is 0 Å². The summed E-state index contributed by atoms with van der Waals surface area (Å²) in [5.74, 6) is -0.391. The van der Waals surface area contributed by atoms with Crippen LogP contribution < -0.4 is 0 Å². The number of esters is 2. The lowest BCUT2D eigenvalue weighted by Gasteiger charge is -2.18. The molecule has 0 N–H and O–H groups in total. The molecule has 5 heteroatoms. The summed E-state index contributed by atoms with van der Waals surface area (Å²) in [5, 5.41) is 0. The van der Waals surface area contributed by atoms with Crippen molar-refractivity contribution in [3.63, 3.8) is 0 Å². The van der Waals surface area contributed by atoms with E-state index in [1.807, 2.05) is 0 Å². The zero-order valence-electron chi connectivity index (χ0n) is 43.3. The van der Waals surface area contributed by atoms with E-state index >= 15 is 0 Å². The largest absolute Gasteiger partial charge is 0.462 e. The maximum Gasteiger partial charge on any atom is 0.306 e. The van der Waals surface area contributed by atoms with Crippen LogP contribution in [0.3, 0.4) is 0 Å². The third-order valence-electron chi connectivity index (χ3n) is 12.6. The zero-order valence-corrected chi connectivity index (χ0v) is 43.3. The minimum atomic E-state index is -0.538. The summed E-state index contributed by atoms with van der Waals surface area (Å²) in [4.78, 5) is 25.5. The summed E-state index contributed by atoms with van der Waals surface area (Å²) in [5.41, 5.74) is 0. The molecule has 0 aromatic heterocycles. The quantitative estimate of drug-likeness (QED) is 0.0346. The molecule has 0 aliphatic carbocycles. The van der Waals surface area contributed by atoms with E-state index in [9.17, 15) is 9.59 Å². The van der Waals surface area contributed by atoms with Crippen LogP contribution in [0.25, 0.3) is 0 Å². The van der Waals surface area contributed by atoms with E-state index in [2.05, 4.69) is 57.2 Å². The molecule has 0 saturated carbocycles. The van der Waals surface area contributed by atoms with Gasteiger partial charge in [0.1, 0.15) is 6.61 Å². The highest BCUT2D eigenvalue weighted by Gasteiger charge is 2.17. The van der Waals surface area contributed by atoms with Crippen LogP contribution in [0.1, 0.15) is 303 Å². The Morgan fingerprint density at radius 1 is 0.344 bits per heavy atom. The number of unbranched alkanes of at least 4 members (excludes halogenated alkanes) is 36. The lowest BCUT2D eigenvalue weighted by atomic mass is 10.0. The van der Waals surface area contributed by atoms with Crippen LogP contribution in [0.4, 0.5) is 0 Å². The van der Waals surface area contributed by atoms with Crippen LogP contribution >= 0.6 is 0 Å². The number of carbonyl (C=O) groups excluding carboxylic acids is 2. The van der Waals surface area contributed by atoms with Crippen molar-refractivity contribution < 1.29 is 23.8 Å². The molecule has 0 aromatic rings. The Balaban J connectivity index is 4.25. The smallest absolute Gasteiger partial charge is 0.306 e. The van der Waals surface area contributed by atoms with Gasteiger partial charge in [0.15, 0.2) is 6.10 Å². The number of hydrogen-bond donors (Lipinski definition) is 0. The molecule has 0 rings (SSSR count). The fourth-order valence-electron chi connectivity index (χ4n) is 8.36. The van der Waals surface area contributed by atoms with Crippen molar-refractivity contribution in [2.24, 2.45) is 0 Å². The van der Waals surface area contributed by atoms with Gasteiger partial charge >= 0.3 is 11.9 Å². The van der Waals surface area contributed by atoms with E-state index in [-0.39, 0.29) is 25.2 Å². The van der Waals surface area contributed by atoms with Crippen molar-refractivity contribution in [3.05, 3.63) is 36.5 Å². The van der Waals surface area contributed by atoms with Gasteiger partial charge in [0.25, 0.3) is 0 Å². The Labute approximate surface area is 400 Å². The minimum Gasteiger partial charge on any atom is -0.462 e. The standard InChI is InChI=1S/C59H110O5/c1-4-7-10-13-16-19-22-25-28-30-32-34-37-40-43-46-49-52-58(60)63-56-57(55-62-54-51-48-45-42-39-36-33-29-26-23-20-17-14-11-8-5-2)64-59(61)53-50-47-44-41-38-35-31-27-24-21-18-15-12-9-6-3/h16,19,25-26,28-29,57H,4-15,17-18,20-24,27,30-56H2,1-3H3/b19-16-,28-25-,29-26-. The molecule has 0 bridgehead atoms. The Hall–Kier alpha value is -1.88. The third-order valence-corrected chi connectivity index (χ3v) is 12.6. The second-order valence-electron chi connectivity index (χ2n) is 19.2. The number of rotatable bonds is 53. The van der Waals surface area contributed by atoms with Crippen molar-refractivity contribution in [1.29, 1.82) is 0 Å².